The van der Waals surface area contributed by atoms with E-state index >= 15 is 0 Å². The molecule has 2 aliphatic rings. The Bertz CT molecular complexity index is 817. The molecule has 148 valence electrons. The van der Waals surface area contributed by atoms with Gasteiger partial charge in [-0.25, -0.2) is 8.42 Å². The zero-order valence-electron chi connectivity index (χ0n) is 14.9. The second kappa shape index (κ2) is 8.95. The normalized spacial score (nSPS) is 21.9. The smallest absolute Gasteiger partial charge is 0.309 e. The first-order chi connectivity index (χ1) is 12.9. The summed E-state index contributed by atoms with van der Waals surface area (Å²) in [5.41, 5.74) is 0. The molecular formula is C19H23Cl2NO4S. The van der Waals surface area contributed by atoms with Crippen molar-refractivity contribution in [3.8, 4) is 0 Å². The van der Waals surface area contributed by atoms with Crippen LogP contribution in [0.1, 0.15) is 32.1 Å². The fourth-order valence-corrected chi connectivity index (χ4v) is 5.68. The number of benzene rings is 1. The lowest BCUT2D eigenvalue weighted by molar-refractivity contribution is -0.151. The van der Waals surface area contributed by atoms with Crippen LogP contribution in [0.15, 0.2) is 35.2 Å². The van der Waals surface area contributed by atoms with Crippen molar-refractivity contribution in [3.05, 3.63) is 40.4 Å². The lowest BCUT2D eigenvalue weighted by Gasteiger charge is -2.30. The van der Waals surface area contributed by atoms with E-state index in [-0.39, 0.29) is 34.9 Å². The molecule has 5 nitrogen and oxygen atoms in total. The second-order valence-electron chi connectivity index (χ2n) is 7.03. The topological polar surface area (TPSA) is 63.7 Å². The van der Waals surface area contributed by atoms with Gasteiger partial charge in [-0.3, -0.25) is 4.79 Å². The van der Waals surface area contributed by atoms with E-state index in [0.717, 1.165) is 19.3 Å². The highest BCUT2D eigenvalue weighted by molar-refractivity contribution is 7.89. The van der Waals surface area contributed by atoms with Crippen LogP contribution in [0.2, 0.25) is 10.0 Å². The summed E-state index contributed by atoms with van der Waals surface area (Å²) < 4.78 is 32.5. The molecular weight excluding hydrogens is 409 g/mol. The van der Waals surface area contributed by atoms with Gasteiger partial charge in [-0.05, 0) is 56.2 Å². The van der Waals surface area contributed by atoms with Crippen molar-refractivity contribution >= 4 is 39.2 Å². The molecule has 1 heterocycles. The third-order valence-electron chi connectivity index (χ3n) is 5.14. The molecule has 0 saturated carbocycles. The number of piperidine rings is 1. The molecule has 8 heteroatoms. The molecule has 1 saturated heterocycles. The zero-order chi connectivity index (χ0) is 19.4. The summed E-state index contributed by atoms with van der Waals surface area (Å²) >= 11 is 12.0. The molecule has 1 aliphatic heterocycles. The van der Waals surface area contributed by atoms with Crippen molar-refractivity contribution in [2.75, 3.05) is 19.7 Å². The first-order valence-corrected chi connectivity index (χ1v) is 11.3. The number of carbonyl (C=O) groups is 1. The first-order valence-electron chi connectivity index (χ1n) is 9.15. The molecule has 1 aliphatic carbocycles. The predicted octanol–water partition coefficient (Wildman–Crippen LogP) is 4.29. The van der Waals surface area contributed by atoms with Crippen molar-refractivity contribution in [1.29, 1.82) is 0 Å². The molecule has 1 aromatic rings. The summed E-state index contributed by atoms with van der Waals surface area (Å²) in [5.74, 6) is -0.0859. The molecule has 1 unspecified atom stereocenters. The number of halogens is 2. The minimum Gasteiger partial charge on any atom is -0.465 e. The van der Waals surface area contributed by atoms with E-state index < -0.39 is 10.0 Å². The average Bonchev–Trinajstić information content (AvgIpc) is 2.68. The molecule has 0 amide bonds. The lowest BCUT2D eigenvalue weighted by atomic mass is 9.95. The van der Waals surface area contributed by atoms with Gasteiger partial charge in [0.2, 0.25) is 10.0 Å². The van der Waals surface area contributed by atoms with E-state index in [1.165, 1.54) is 16.4 Å². The van der Waals surface area contributed by atoms with Gasteiger partial charge < -0.3 is 4.74 Å². The third kappa shape index (κ3) is 5.05. The van der Waals surface area contributed by atoms with Crippen molar-refractivity contribution in [2.45, 2.75) is 37.0 Å². The van der Waals surface area contributed by atoms with Gasteiger partial charge in [-0.15, -0.1) is 0 Å². The van der Waals surface area contributed by atoms with Crippen LogP contribution in [-0.2, 0) is 19.6 Å². The van der Waals surface area contributed by atoms with Crippen LogP contribution in [0.3, 0.4) is 0 Å². The van der Waals surface area contributed by atoms with Crippen LogP contribution in [0, 0.1) is 11.8 Å². The highest BCUT2D eigenvalue weighted by atomic mass is 35.5. The number of nitrogens with zero attached hydrogens (tertiary/aromatic N) is 1. The van der Waals surface area contributed by atoms with Crippen LogP contribution < -0.4 is 0 Å². The van der Waals surface area contributed by atoms with E-state index in [1.54, 1.807) is 6.07 Å². The van der Waals surface area contributed by atoms with Gasteiger partial charge in [-0.1, -0.05) is 35.4 Å². The summed E-state index contributed by atoms with van der Waals surface area (Å²) in [4.78, 5) is 12.3. The standard InChI is InChI=1S/C19H23Cl2NO4S/c20-16-6-7-17(21)18(12-16)27(24,25)22-10-8-15(9-11-22)19(23)26-13-14-4-2-1-3-5-14/h1-2,6-7,12,14-15H,3-5,8-11,13H2. The Morgan fingerprint density at radius 3 is 2.56 bits per heavy atom. The Hall–Kier alpha value is -1.08. The highest BCUT2D eigenvalue weighted by Crippen LogP contribution is 2.30. The number of carbonyl (C=O) groups excluding carboxylic acids is 1. The van der Waals surface area contributed by atoms with Gasteiger partial charge in [0.1, 0.15) is 4.90 Å². The Balaban J connectivity index is 1.55. The monoisotopic (exact) mass is 431 g/mol. The van der Waals surface area contributed by atoms with E-state index in [0.29, 0.717) is 30.4 Å². The summed E-state index contributed by atoms with van der Waals surface area (Å²) in [7, 11) is -3.74. The van der Waals surface area contributed by atoms with Gasteiger partial charge in [0.05, 0.1) is 17.5 Å². The highest BCUT2D eigenvalue weighted by Gasteiger charge is 2.34. The number of sulfonamides is 1. The summed E-state index contributed by atoms with van der Waals surface area (Å²) in [6, 6.07) is 4.38. The summed E-state index contributed by atoms with van der Waals surface area (Å²) in [6.45, 7) is 0.966. The van der Waals surface area contributed by atoms with Gasteiger partial charge in [-0.2, -0.15) is 4.31 Å². The Morgan fingerprint density at radius 1 is 1.15 bits per heavy atom. The van der Waals surface area contributed by atoms with Crippen molar-refractivity contribution in [1.82, 2.24) is 4.31 Å². The summed E-state index contributed by atoms with van der Waals surface area (Å²) in [6.07, 6.45) is 8.20. The van der Waals surface area contributed by atoms with Gasteiger partial charge in [0, 0.05) is 18.1 Å². The minimum atomic E-state index is -3.74. The van der Waals surface area contributed by atoms with Crippen LogP contribution in [0.5, 0.6) is 0 Å². The van der Waals surface area contributed by atoms with E-state index in [9.17, 15) is 13.2 Å². The molecule has 1 fully saturated rings. The lowest BCUT2D eigenvalue weighted by Crippen LogP contribution is -2.40. The number of hydrogen-bond acceptors (Lipinski definition) is 4. The fraction of sp³-hybridized carbons (Fsp3) is 0.526. The maximum Gasteiger partial charge on any atom is 0.309 e. The van der Waals surface area contributed by atoms with E-state index in [2.05, 4.69) is 12.2 Å². The number of allylic oxidation sites excluding steroid dienone is 2. The number of hydrogen-bond donors (Lipinski definition) is 0. The number of ether oxygens (including phenoxy) is 1. The molecule has 1 atom stereocenters. The maximum absolute atomic E-state index is 12.8. The maximum atomic E-state index is 12.8. The first kappa shape index (κ1) is 20.6. The second-order valence-corrected chi connectivity index (χ2v) is 9.78. The Labute approximate surface area is 170 Å². The molecule has 27 heavy (non-hydrogen) atoms. The Morgan fingerprint density at radius 2 is 1.89 bits per heavy atom. The molecule has 0 bridgehead atoms. The van der Waals surface area contributed by atoms with Crippen molar-refractivity contribution in [3.63, 3.8) is 0 Å². The van der Waals surface area contributed by atoms with E-state index in [4.69, 9.17) is 27.9 Å². The Kier molecular flexibility index (Phi) is 6.84. The summed E-state index contributed by atoms with van der Waals surface area (Å²) in [5, 5.41) is 0.455. The van der Waals surface area contributed by atoms with Gasteiger partial charge in [0.15, 0.2) is 0 Å². The van der Waals surface area contributed by atoms with Gasteiger partial charge in [0.25, 0.3) is 0 Å². The third-order valence-corrected chi connectivity index (χ3v) is 7.75. The fourth-order valence-electron chi connectivity index (χ4n) is 3.47. The number of rotatable bonds is 5. The quantitative estimate of drug-likeness (QED) is 0.514. The van der Waals surface area contributed by atoms with Crippen molar-refractivity contribution in [2.24, 2.45) is 11.8 Å². The molecule has 1 aromatic carbocycles. The predicted molar refractivity (Wildman–Crippen MR) is 105 cm³/mol. The largest absolute Gasteiger partial charge is 0.465 e. The molecule has 0 N–H and O–H groups in total. The van der Waals surface area contributed by atoms with Crippen LogP contribution in [0.25, 0.3) is 0 Å². The minimum absolute atomic E-state index is 0.00282. The molecule has 3 rings (SSSR count). The molecule has 0 radical (unpaired) electrons. The van der Waals surface area contributed by atoms with Gasteiger partial charge >= 0.3 is 5.97 Å². The van der Waals surface area contributed by atoms with Crippen molar-refractivity contribution < 1.29 is 17.9 Å². The van der Waals surface area contributed by atoms with E-state index in [1.807, 2.05) is 0 Å². The molecule has 0 aromatic heterocycles. The zero-order valence-corrected chi connectivity index (χ0v) is 17.3. The SMILES string of the molecule is O=C(OCC1CC=CCC1)C1CCN(S(=O)(=O)c2cc(Cl)ccc2Cl)CC1. The number of esters is 1. The van der Waals surface area contributed by atoms with Crippen LogP contribution >= 0.6 is 23.2 Å². The molecule has 0 spiro atoms. The average molecular weight is 432 g/mol. The van der Waals surface area contributed by atoms with Crippen LogP contribution in [0.4, 0.5) is 0 Å². The van der Waals surface area contributed by atoms with Crippen LogP contribution in [-0.4, -0.2) is 38.4 Å².